The quantitative estimate of drug-likeness (QED) is 0.556. The average Bonchev–Trinajstić information content (AvgIpc) is 3.26. The second kappa shape index (κ2) is 9.31. The molecule has 0 radical (unpaired) electrons. The van der Waals surface area contributed by atoms with E-state index in [1.165, 1.54) is 42.4 Å². The predicted octanol–water partition coefficient (Wildman–Crippen LogP) is 1.54. The number of primary amides is 1. The zero-order valence-corrected chi connectivity index (χ0v) is 16.6. The summed E-state index contributed by atoms with van der Waals surface area (Å²) >= 11 is 6.27. The van der Waals surface area contributed by atoms with Crippen molar-refractivity contribution in [3.63, 3.8) is 0 Å². The summed E-state index contributed by atoms with van der Waals surface area (Å²) in [5, 5.41) is 13.8. The number of nitrogens with zero attached hydrogens (tertiary/aromatic N) is 4. The Labute approximate surface area is 176 Å². The molecule has 0 fully saturated rings. The summed E-state index contributed by atoms with van der Waals surface area (Å²) < 4.78 is 19.7. The third-order valence-corrected chi connectivity index (χ3v) is 4.72. The van der Waals surface area contributed by atoms with Gasteiger partial charge in [-0.25, -0.2) is 4.39 Å². The van der Waals surface area contributed by atoms with Crippen LogP contribution in [0.25, 0.3) is 5.69 Å². The zero-order valence-electron chi connectivity index (χ0n) is 15.9. The van der Waals surface area contributed by atoms with Gasteiger partial charge in [0.15, 0.2) is 0 Å². The molecule has 30 heavy (non-hydrogen) atoms. The number of carbonyl (C=O) groups is 2. The lowest BCUT2D eigenvalue weighted by atomic mass is 9.98. The Bertz CT molecular complexity index is 1040. The molecular formula is C19H18ClFN6O3. The molecule has 2 aromatic carbocycles. The summed E-state index contributed by atoms with van der Waals surface area (Å²) in [6.45, 7) is -0.0128. The molecule has 0 aliphatic heterocycles. The topological polar surface area (TPSA) is 125 Å². The van der Waals surface area contributed by atoms with Crippen LogP contribution in [0.5, 0.6) is 5.75 Å². The van der Waals surface area contributed by atoms with Crippen LogP contribution in [0.3, 0.4) is 0 Å². The maximum absolute atomic E-state index is 13.1. The predicted molar refractivity (Wildman–Crippen MR) is 106 cm³/mol. The van der Waals surface area contributed by atoms with E-state index in [2.05, 4.69) is 20.8 Å². The van der Waals surface area contributed by atoms with Crippen LogP contribution in [0.15, 0.2) is 42.7 Å². The van der Waals surface area contributed by atoms with Gasteiger partial charge in [-0.3, -0.25) is 9.59 Å². The Morgan fingerprint density at radius 1 is 1.30 bits per heavy atom. The number of ether oxygens (including phenoxy) is 1. The number of benzene rings is 2. The molecule has 0 saturated heterocycles. The molecule has 1 unspecified atom stereocenters. The first-order valence-electron chi connectivity index (χ1n) is 8.82. The highest BCUT2D eigenvalue weighted by molar-refractivity contribution is 6.33. The van der Waals surface area contributed by atoms with Crippen molar-refractivity contribution in [2.75, 3.05) is 13.7 Å². The van der Waals surface area contributed by atoms with Crippen molar-refractivity contribution >= 4 is 23.4 Å². The fourth-order valence-electron chi connectivity index (χ4n) is 2.83. The summed E-state index contributed by atoms with van der Waals surface area (Å²) in [6, 6.07) is 8.67. The highest BCUT2D eigenvalue weighted by Crippen LogP contribution is 2.29. The van der Waals surface area contributed by atoms with Gasteiger partial charge in [0, 0.05) is 12.6 Å². The van der Waals surface area contributed by atoms with E-state index >= 15 is 0 Å². The summed E-state index contributed by atoms with van der Waals surface area (Å²) in [6.07, 6.45) is 1.61. The molecule has 0 aliphatic carbocycles. The number of rotatable bonds is 8. The Kier molecular flexibility index (Phi) is 6.58. The van der Waals surface area contributed by atoms with Crippen LogP contribution in [0.2, 0.25) is 5.02 Å². The van der Waals surface area contributed by atoms with Gasteiger partial charge >= 0.3 is 0 Å². The third kappa shape index (κ3) is 4.90. The number of nitrogens with two attached hydrogens (primary N) is 1. The SMILES string of the molecule is COc1cc(-n2cnnn2)c(Cl)cc1C(=O)NCC(Cc1ccc(F)cc1)C(N)=O. The van der Waals surface area contributed by atoms with Gasteiger partial charge in [-0.05, 0) is 40.6 Å². The van der Waals surface area contributed by atoms with Crippen molar-refractivity contribution in [3.05, 3.63) is 64.7 Å². The maximum Gasteiger partial charge on any atom is 0.255 e. The smallest absolute Gasteiger partial charge is 0.255 e. The highest BCUT2D eigenvalue weighted by atomic mass is 35.5. The van der Waals surface area contributed by atoms with Gasteiger partial charge < -0.3 is 15.8 Å². The Balaban J connectivity index is 1.74. The standard InChI is InChI=1S/C19H18ClFN6O3/c1-30-17-8-16(27-10-24-25-26-27)15(20)7-14(17)19(29)23-9-12(18(22)28)6-11-2-4-13(21)5-3-11/h2-5,7-8,10,12H,6,9H2,1H3,(H2,22,28)(H,23,29). The van der Waals surface area contributed by atoms with E-state index in [1.54, 1.807) is 12.1 Å². The lowest BCUT2D eigenvalue weighted by Gasteiger charge is -2.16. The van der Waals surface area contributed by atoms with Crippen LogP contribution < -0.4 is 15.8 Å². The first-order valence-corrected chi connectivity index (χ1v) is 9.19. The number of hydrogen-bond donors (Lipinski definition) is 2. The molecule has 11 heteroatoms. The second-order valence-corrected chi connectivity index (χ2v) is 6.81. The van der Waals surface area contributed by atoms with Gasteiger partial charge in [-0.15, -0.1) is 5.10 Å². The molecule has 3 N–H and O–H groups in total. The van der Waals surface area contributed by atoms with Crippen molar-refractivity contribution in [3.8, 4) is 11.4 Å². The molecule has 3 rings (SSSR count). The van der Waals surface area contributed by atoms with Crippen LogP contribution in [-0.2, 0) is 11.2 Å². The lowest BCUT2D eigenvalue weighted by molar-refractivity contribution is -0.121. The van der Waals surface area contributed by atoms with E-state index in [0.717, 1.165) is 5.56 Å². The van der Waals surface area contributed by atoms with Crippen molar-refractivity contribution in [1.82, 2.24) is 25.5 Å². The van der Waals surface area contributed by atoms with Crippen LogP contribution in [-0.4, -0.2) is 45.7 Å². The van der Waals surface area contributed by atoms with Gasteiger partial charge in [0.2, 0.25) is 5.91 Å². The largest absolute Gasteiger partial charge is 0.496 e. The minimum absolute atomic E-state index is 0.0128. The number of halogens is 2. The maximum atomic E-state index is 13.1. The van der Waals surface area contributed by atoms with Gasteiger partial charge in [0.05, 0.1) is 29.3 Å². The van der Waals surface area contributed by atoms with E-state index in [4.69, 9.17) is 22.1 Å². The molecule has 0 aliphatic rings. The van der Waals surface area contributed by atoms with Gasteiger partial charge in [0.1, 0.15) is 17.9 Å². The second-order valence-electron chi connectivity index (χ2n) is 6.40. The fraction of sp³-hybridized carbons (Fsp3) is 0.211. The van der Waals surface area contributed by atoms with E-state index in [-0.39, 0.29) is 35.1 Å². The molecule has 1 atom stereocenters. The zero-order chi connectivity index (χ0) is 21.7. The molecule has 9 nitrogen and oxygen atoms in total. The lowest BCUT2D eigenvalue weighted by Crippen LogP contribution is -2.37. The van der Waals surface area contributed by atoms with Crippen molar-refractivity contribution < 1.29 is 18.7 Å². The van der Waals surface area contributed by atoms with Crippen LogP contribution in [0.4, 0.5) is 4.39 Å². The van der Waals surface area contributed by atoms with Crippen molar-refractivity contribution in [1.29, 1.82) is 0 Å². The van der Waals surface area contributed by atoms with Crippen LogP contribution >= 0.6 is 11.6 Å². The highest BCUT2D eigenvalue weighted by Gasteiger charge is 2.21. The molecular weight excluding hydrogens is 415 g/mol. The Hall–Kier alpha value is -3.53. The van der Waals surface area contributed by atoms with Crippen molar-refractivity contribution in [2.24, 2.45) is 11.7 Å². The number of methoxy groups -OCH3 is 1. The Morgan fingerprint density at radius 3 is 2.63 bits per heavy atom. The van der Waals surface area contributed by atoms with E-state index in [0.29, 0.717) is 5.69 Å². The normalized spacial score (nSPS) is 11.7. The van der Waals surface area contributed by atoms with Gasteiger partial charge in [-0.1, -0.05) is 23.7 Å². The molecule has 0 spiro atoms. The van der Waals surface area contributed by atoms with Crippen LogP contribution in [0, 0.1) is 11.7 Å². The summed E-state index contributed by atoms with van der Waals surface area (Å²) in [5.41, 5.74) is 6.79. The third-order valence-electron chi connectivity index (χ3n) is 4.42. The van der Waals surface area contributed by atoms with Gasteiger partial charge in [0.25, 0.3) is 5.91 Å². The van der Waals surface area contributed by atoms with Crippen molar-refractivity contribution in [2.45, 2.75) is 6.42 Å². The number of nitrogens with one attached hydrogen (secondary N) is 1. The Morgan fingerprint density at radius 2 is 2.03 bits per heavy atom. The summed E-state index contributed by atoms with van der Waals surface area (Å²) in [5.74, 6) is -1.89. The number of carbonyl (C=O) groups excluding carboxylic acids is 2. The van der Waals surface area contributed by atoms with Gasteiger partial charge in [-0.2, -0.15) is 4.68 Å². The molecule has 0 bridgehead atoms. The molecule has 3 aromatic rings. The number of aromatic nitrogens is 4. The fourth-order valence-corrected chi connectivity index (χ4v) is 3.08. The molecule has 0 saturated carbocycles. The van der Waals surface area contributed by atoms with E-state index in [1.807, 2.05) is 0 Å². The molecule has 1 heterocycles. The van der Waals surface area contributed by atoms with Crippen LogP contribution in [0.1, 0.15) is 15.9 Å². The number of hydrogen-bond acceptors (Lipinski definition) is 6. The molecule has 2 amide bonds. The van der Waals surface area contributed by atoms with E-state index in [9.17, 15) is 14.0 Å². The number of amides is 2. The molecule has 156 valence electrons. The van der Waals surface area contributed by atoms with E-state index < -0.39 is 17.7 Å². The average molecular weight is 433 g/mol. The first-order chi connectivity index (χ1) is 14.4. The summed E-state index contributed by atoms with van der Waals surface area (Å²) in [4.78, 5) is 24.5. The number of tetrazole rings is 1. The first kappa shape index (κ1) is 21.2. The minimum atomic E-state index is -0.679. The molecule has 1 aromatic heterocycles. The summed E-state index contributed by atoms with van der Waals surface area (Å²) in [7, 11) is 1.41. The minimum Gasteiger partial charge on any atom is -0.496 e. The monoisotopic (exact) mass is 432 g/mol.